The summed E-state index contributed by atoms with van der Waals surface area (Å²) in [6.07, 6.45) is -0.0791. The first-order chi connectivity index (χ1) is 7.38. The Balaban J connectivity index is 3.99. The Hall–Kier alpha value is -1.28. The topological polar surface area (TPSA) is 136 Å². The highest BCUT2D eigenvalue weighted by molar-refractivity contribution is 7.80. The minimum atomic E-state index is -1.17. The molecule has 0 spiro atoms. The highest BCUT2D eigenvalue weighted by Crippen LogP contribution is 1.96. The van der Waals surface area contributed by atoms with Gasteiger partial charge in [-0.3, -0.25) is 14.4 Å². The van der Waals surface area contributed by atoms with Gasteiger partial charge >= 0.3 is 5.97 Å². The van der Waals surface area contributed by atoms with Crippen molar-refractivity contribution in [2.24, 2.45) is 11.5 Å². The minimum absolute atomic E-state index is 0.000774. The van der Waals surface area contributed by atoms with Gasteiger partial charge in [0.15, 0.2) is 0 Å². The molecule has 0 aromatic rings. The molecule has 0 saturated carbocycles. The number of carboxylic acid groups (broad SMARTS) is 1. The van der Waals surface area contributed by atoms with Crippen molar-refractivity contribution in [1.29, 1.82) is 0 Å². The summed E-state index contributed by atoms with van der Waals surface area (Å²) in [6, 6.07) is -1.94. The second-order valence-electron chi connectivity index (χ2n) is 3.19. The van der Waals surface area contributed by atoms with Crippen LogP contribution < -0.4 is 16.8 Å². The van der Waals surface area contributed by atoms with Crippen molar-refractivity contribution in [2.45, 2.75) is 24.9 Å². The van der Waals surface area contributed by atoms with E-state index < -0.39 is 29.9 Å². The zero-order chi connectivity index (χ0) is 12.7. The van der Waals surface area contributed by atoms with Crippen LogP contribution >= 0.6 is 12.6 Å². The first-order valence-electron chi connectivity index (χ1n) is 4.56. The Labute approximate surface area is 98.0 Å². The van der Waals surface area contributed by atoms with E-state index in [0.717, 1.165) is 0 Å². The zero-order valence-electron chi connectivity index (χ0n) is 8.55. The molecule has 8 heteroatoms. The van der Waals surface area contributed by atoms with Crippen LogP contribution in [0.15, 0.2) is 0 Å². The molecule has 2 amide bonds. The zero-order valence-corrected chi connectivity index (χ0v) is 9.44. The van der Waals surface area contributed by atoms with Crippen molar-refractivity contribution in [2.75, 3.05) is 5.75 Å². The SMILES string of the molecule is NC(=O)[C@H](CS)NC(=O)CC[C@H](N)C(=O)O. The van der Waals surface area contributed by atoms with E-state index in [1.807, 2.05) is 0 Å². The van der Waals surface area contributed by atoms with Crippen molar-refractivity contribution >= 4 is 30.4 Å². The number of aliphatic carboxylic acids is 1. The van der Waals surface area contributed by atoms with Gasteiger partial charge in [0.05, 0.1) is 0 Å². The van der Waals surface area contributed by atoms with Gasteiger partial charge in [0, 0.05) is 12.2 Å². The van der Waals surface area contributed by atoms with E-state index in [0.29, 0.717) is 0 Å². The predicted octanol–water partition coefficient (Wildman–Crippen LogP) is -1.92. The van der Waals surface area contributed by atoms with Gasteiger partial charge in [0.1, 0.15) is 12.1 Å². The lowest BCUT2D eigenvalue weighted by atomic mass is 10.1. The molecule has 0 saturated heterocycles. The molecular weight excluding hydrogens is 234 g/mol. The van der Waals surface area contributed by atoms with E-state index >= 15 is 0 Å². The van der Waals surface area contributed by atoms with Crippen LogP contribution in [0.4, 0.5) is 0 Å². The molecule has 0 bridgehead atoms. The second-order valence-corrected chi connectivity index (χ2v) is 3.55. The van der Waals surface area contributed by atoms with Gasteiger partial charge in [-0.15, -0.1) is 0 Å². The molecule has 92 valence electrons. The summed E-state index contributed by atoms with van der Waals surface area (Å²) in [7, 11) is 0. The molecule has 0 aromatic heterocycles. The van der Waals surface area contributed by atoms with E-state index in [9.17, 15) is 14.4 Å². The third-order valence-corrected chi connectivity index (χ3v) is 2.23. The highest BCUT2D eigenvalue weighted by atomic mass is 32.1. The van der Waals surface area contributed by atoms with Gasteiger partial charge in [0.2, 0.25) is 11.8 Å². The van der Waals surface area contributed by atoms with Crippen molar-refractivity contribution in [3.63, 3.8) is 0 Å². The maximum Gasteiger partial charge on any atom is 0.320 e. The fourth-order valence-electron chi connectivity index (χ4n) is 0.883. The average molecular weight is 249 g/mol. The van der Waals surface area contributed by atoms with E-state index in [2.05, 4.69) is 17.9 Å². The number of carbonyl (C=O) groups is 3. The van der Waals surface area contributed by atoms with Gasteiger partial charge < -0.3 is 21.9 Å². The molecule has 0 aliphatic rings. The lowest BCUT2D eigenvalue weighted by Crippen LogP contribution is -2.46. The standard InChI is InChI=1S/C8H15N3O4S/c9-4(8(14)15)1-2-6(12)11-5(3-16)7(10)13/h4-5,16H,1-3,9H2,(H2,10,13)(H,11,12)(H,14,15)/t4-,5-/m0/s1. The number of amides is 2. The maximum atomic E-state index is 11.2. The van der Waals surface area contributed by atoms with Gasteiger partial charge in [-0.05, 0) is 6.42 Å². The first kappa shape index (κ1) is 14.7. The molecule has 0 rings (SSSR count). The summed E-state index contributed by atoms with van der Waals surface area (Å²) < 4.78 is 0. The molecule has 0 aliphatic carbocycles. The number of primary amides is 1. The van der Waals surface area contributed by atoms with Crippen LogP contribution in [0.25, 0.3) is 0 Å². The Morgan fingerprint density at radius 3 is 2.31 bits per heavy atom. The molecule has 0 aromatic carbocycles. The third-order valence-electron chi connectivity index (χ3n) is 1.86. The Kier molecular flexibility index (Phi) is 6.50. The molecule has 7 nitrogen and oxygen atoms in total. The van der Waals surface area contributed by atoms with Crippen LogP contribution in [0.2, 0.25) is 0 Å². The van der Waals surface area contributed by atoms with Gasteiger partial charge in [-0.25, -0.2) is 0 Å². The predicted molar refractivity (Wildman–Crippen MR) is 59.8 cm³/mol. The third kappa shape index (κ3) is 5.56. The summed E-state index contributed by atoms with van der Waals surface area (Å²) in [5.41, 5.74) is 10.2. The highest BCUT2D eigenvalue weighted by Gasteiger charge is 2.18. The van der Waals surface area contributed by atoms with Crippen LogP contribution in [-0.4, -0.2) is 40.7 Å². The van der Waals surface area contributed by atoms with Crippen LogP contribution in [0.1, 0.15) is 12.8 Å². The van der Waals surface area contributed by atoms with Crippen LogP contribution in [0.5, 0.6) is 0 Å². The number of hydrogen-bond acceptors (Lipinski definition) is 5. The van der Waals surface area contributed by atoms with E-state index in [1.165, 1.54) is 0 Å². The average Bonchev–Trinajstić information content (AvgIpc) is 2.21. The smallest absolute Gasteiger partial charge is 0.320 e. The first-order valence-corrected chi connectivity index (χ1v) is 5.19. The van der Waals surface area contributed by atoms with Crippen molar-refractivity contribution < 1.29 is 19.5 Å². The molecule has 0 unspecified atom stereocenters. The summed E-state index contributed by atoms with van der Waals surface area (Å²) in [5.74, 6) is -2.25. The maximum absolute atomic E-state index is 11.2. The van der Waals surface area contributed by atoms with Gasteiger partial charge in [-0.2, -0.15) is 12.6 Å². The van der Waals surface area contributed by atoms with E-state index in [-0.39, 0.29) is 18.6 Å². The van der Waals surface area contributed by atoms with E-state index in [4.69, 9.17) is 16.6 Å². The lowest BCUT2D eigenvalue weighted by molar-refractivity contribution is -0.138. The number of rotatable bonds is 7. The Morgan fingerprint density at radius 2 is 1.94 bits per heavy atom. The minimum Gasteiger partial charge on any atom is -0.480 e. The van der Waals surface area contributed by atoms with Crippen molar-refractivity contribution in [1.82, 2.24) is 5.32 Å². The van der Waals surface area contributed by atoms with Crippen LogP contribution in [0.3, 0.4) is 0 Å². The number of nitrogens with two attached hydrogens (primary N) is 2. The molecule has 2 atom stereocenters. The van der Waals surface area contributed by atoms with Gasteiger partial charge in [-0.1, -0.05) is 0 Å². The largest absolute Gasteiger partial charge is 0.480 e. The summed E-state index contributed by atoms with van der Waals surface area (Å²) in [5, 5.41) is 10.8. The normalized spacial score (nSPS) is 13.9. The number of hydrogen-bond donors (Lipinski definition) is 5. The molecule has 16 heavy (non-hydrogen) atoms. The molecule has 0 aliphatic heterocycles. The fourth-order valence-corrected chi connectivity index (χ4v) is 1.15. The molecule has 0 radical (unpaired) electrons. The molecule has 6 N–H and O–H groups in total. The lowest BCUT2D eigenvalue weighted by Gasteiger charge is -2.13. The fraction of sp³-hybridized carbons (Fsp3) is 0.625. The summed E-state index contributed by atoms with van der Waals surface area (Å²) >= 11 is 3.84. The number of carbonyl (C=O) groups excluding carboxylic acids is 2. The van der Waals surface area contributed by atoms with Crippen LogP contribution in [0, 0.1) is 0 Å². The summed E-state index contributed by atoms with van der Waals surface area (Å²) in [4.78, 5) is 32.4. The number of nitrogens with one attached hydrogen (secondary N) is 1. The van der Waals surface area contributed by atoms with Crippen molar-refractivity contribution in [3.05, 3.63) is 0 Å². The van der Waals surface area contributed by atoms with Crippen molar-refractivity contribution in [3.8, 4) is 0 Å². The second kappa shape index (κ2) is 7.07. The number of carboxylic acids is 1. The molecular formula is C8H15N3O4S. The Morgan fingerprint density at radius 1 is 1.38 bits per heavy atom. The van der Waals surface area contributed by atoms with E-state index in [1.54, 1.807) is 0 Å². The number of thiol groups is 1. The molecule has 0 heterocycles. The Bertz CT molecular complexity index is 284. The molecule has 0 fully saturated rings. The summed E-state index contributed by atoms with van der Waals surface area (Å²) in [6.45, 7) is 0. The van der Waals surface area contributed by atoms with Gasteiger partial charge in [0.25, 0.3) is 0 Å². The van der Waals surface area contributed by atoms with Crippen LogP contribution in [-0.2, 0) is 14.4 Å². The quantitative estimate of drug-likeness (QED) is 0.335. The monoisotopic (exact) mass is 249 g/mol.